The average Bonchev–Trinajstić information content (AvgIpc) is 2.88. The molecule has 4 heteroatoms. The van der Waals surface area contributed by atoms with Crippen LogP contribution in [0.4, 0.5) is 17.1 Å². The minimum atomic E-state index is 0.792. The van der Waals surface area contributed by atoms with Crippen LogP contribution in [0.5, 0.6) is 5.75 Å². The van der Waals surface area contributed by atoms with Crippen molar-refractivity contribution in [1.29, 1.82) is 0 Å². The van der Waals surface area contributed by atoms with Gasteiger partial charge in [-0.05, 0) is 42.5 Å². The molecule has 0 spiro atoms. The van der Waals surface area contributed by atoms with E-state index in [2.05, 4.69) is 45.6 Å². The van der Waals surface area contributed by atoms with Crippen molar-refractivity contribution in [3.05, 3.63) is 72.8 Å². The Bertz CT molecular complexity index is 836. The van der Waals surface area contributed by atoms with Crippen molar-refractivity contribution in [2.24, 2.45) is 4.99 Å². The Labute approximate surface area is 142 Å². The van der Waals surface area contributed by atoms with E-state index < -0.39 is 0 Å². The Morgan fingerprint density at radius 3 is 2.50 bits per heavy atom. The van der Waals surface area contributed by atoms with Gasteiger partial charge in [0.1, 0.15) is 17.3 Å². The van der Waals surface area contributed by atoms with Gasteiger partial charge in [-0.3, -0.25) is 9.89 Å². The van der Waals surface area contributed by atoms with E-state index in [0.29, 0.717) is 0 Å². The van der Waals surface area contributed by atoms with E-state index in [4.69, 9.17) is 4.74 Å². The van der Waals surface area contributed by atoms with Gasteiger partial charge in [0.05, 0.1) is 11.4 Å². The minimum absolute atomic E-state index is 0.792. The number of fused-ring (bicyclic) bond motifs is 1. The lowest BCUT2D eigenvalue weighted by Crippen LogP contribution is -2.20. The molecule has 2 aliphatic heterocycles. The third kappa shape index (κ3) is 2.46. The van der Waals surface area contributed by atoms with Gasteiger partial charge in [0.25, 0.3) is 0 Å². The predicted molar refractivity (Wildman–Crippen MR) is 99.3 cm³/mol. The van der Waals surface area contributed by atoms with Gasteiger partial charge in [-0.25, -0.2) is 0 Å². The highest BCUT2D eigenvalue weighted by Crippen LogP contribution is 2.44. The highest BCUT2D eigenvalue weighted by atomic mass is 16.5. The molecule has 0 saturated carbocycles. The van der Waals surface area contributed by atoms with Crippen molar-refractivity contribution < 1.29 is 4.74 Å². The molecule has 0 atom stereocenters. The number of anilines is 3. The first kappa shape index (κ1) is 14.6. The van der Waals surface area contributed by atoms with Crippen molar-refractivity contribution >= 4 is 23.3 Å². The summed E-state index contributed by atoms with van der Waals surface area (Å²) in [7, 11) is 2.04. The Morgan fingerprint density at radius 2 is 1.79 bits per heavy atom. The van der Waals surface area contributed by atoms with Crippen LogP contribution < -0.4 is 14.5 Å². The molecule has 2 aromatic carbocycles. The number of dihydropyridines is 1. The molecule has 4 nitrogen and oxygen atoms in total. The number of benzene rings is 2. The largest absolute Gasteiger partial charge is 0.462 e. The summed E-state index contributed by atoms with van der Waals surface area (Å²) >= 11 is 0. The smallest absolute Gasteiger partial charge is 0.127 e. The number of nitrogens with zero attached hydrogens (tertiary/aromatic N) is 3. The number of allylic oxidation sites excluding steroid dienone is 1. The SMILES string of the molecule is C=C1N(C)c2ccccc2N1c1ccc(OC2=CC=NCC2)cc1. The second-order valence-corrected chi connectivity index (χ2v) is 5.83. The maximum Gasteiger partial charge on any atom is 0.127 e. The first-order valence-corrected chi connectivity index (χ1v) is 8.03. The second kappa shape index (κ2) is 5.89. The third-order valence-corrected chi connectivity index (χ3v) is 4.33. The molecule has 0 radical (unpaired) electrons. The molecule has 4 rings (SSSR count). The van der Waals surface area contributed by atoms with Gasteiger partial charge >= 0.3 is 0 Å². The molecule has 0 saturated heterocycles. The summed E-state index contributed by atoms with van der Waals surface area (Å²) in [6.45, 7) is 5.01. The number of rotatable bonds is 3. The van der Waals surface area contributed by atoms with Crippen LogP contribution in [0.1, 0.15) is 6.42 Å². The molecule has 2 aromatic rings. The predicted octanol–water partition coefficient (Wildman–Crippen LogP) is 4.48. The highest BCUT2D eigenvalue weighted by molar-refractivity contribution is 5.88. The summed E-state index contributed by atoms with van der Waals surface area (Å²) in [5.41, 5.74) is 3.38. The number of hydrogen-bond donors (Lipinski definition) is 0. The van der Waals surface area contributed by atoms with Crippen molar-refractivity contribution in [3.63, 3.8) is 0 Å². The van der Waals surface area contributed by atoms with Crippen LogP contribution in [0.2, 0.25) is 0 Å². The van der Waals surface area contributed by atoms with Crippen molar-refractivity contribution in [2.45, 2.75) is 6.42 Å². The first-order chi connectivity index (χ1) is 11.7. The van der Waals surface area contributed by atoms with E-state index in [9.17, 15) is 0 Å². The second-order valence-electron chi connectivity index (χ2n) is 5.83. The Hall–Kier alpha value is -3.01. The summed E-state index contributed by atoms with van der Waals surface area (Å²) in [5.74, 6) is 2.73. The average molecular weight is 317 g/mol. The summed E-state index contributed by atoms with van der Waals surface area (Å²) in [4.78, 5) is 8.43. The molecule has 0 N–H and O–H groups in total. The number of aliphatic imine (C=N–C) groups is 1. The fraction of sp³-hybridized carbons (Fsp3) is 0.150. The van der Waals surface area contributed by atoms with E-state index >= 15 is 0 Å². The molecule has 0 aromatic heterocycles. The number of para-hydroxylation sites is 2. The molecular formula is C20H19N3O. The van der Waals surface area contributed by atoms with Crippen LogP contribution >= 0.6 is 0 Å². The quantitative estimate of drug-likeness (QED) is 0.835. The monoisotopic (exact) mass is 317 g/mol. The van der Waals surface area contributed by atoms with Crippen LogP contribution in [0, 0.1) is 0 Å². The lowest BCUT2D eigenvalue weighted by Gasteiger charge is -2.22. The summed E-state index contributed by atoms with van der Waals surface area (Å²) in [6, 6.07) is 16.4. The van der Waals surface area contributed by atoms with E-state index in [1.54, 1.807) is 6.21 Å². The van der Waals surface area contributed by atoms with Crippen molar-refractivity contribution in [2.75, 3.05) is 23.4 Å². The number of ether oxygens (including phenoxy) is 1. The molecular weight excluding hydrogens is 298 g/mol. The van der Waals surface area contributed by atoms with Gasteiger partial charge in [0, 0.05) is 31.9 Å². The van der Waals surface area contributed by atoms with Crippen LogP contribution in [0.25, 0.3) is 0 Å². The topological polar surface area (TPSA) is 28.1 Å². The lowest BCUT2D eigenvalue weighted by atomic mass is 10.2. The fourth-order valence-electron chi connectivity index (χ4n) is 3.02. The standard InChI is InChI=1S/C20H19N3O/c1-15-22(2)19-5-3-4-6-20(19)23(15)16-7-9-17(10-8-16)24-18-11-13-21-14-12-18/h3-11,13H,1,12,14H2,2H3. The van der Waals surface area contributed by atoms with Crippen molar-refractivity contribution in [3.8, 4) is 5.75 Å². The summed E-state index contributed by atoms with van der Waals surface area (Å²) in [5, 5.41) is 0. The molecule has 24 heavy (non-hydrogen) atoms. The molecule has 0 bridgehead atoms. The molecule has 2 heterocycles. The van der Waals surface area contributed by atoms with E-state index in [1.807, 2.05) is 37.4 Å². The molecule has 0 amide bonds. The molecule has 0 aliphatic carbocycles. The Kier molecular flexibility index (Phi) is 3.58. The van der Waals surface area contributed by atoms with Gasteiger partial charge in [-0.2, -0.15) is 0 Å². The lowest BCUT2D eigenvalue weighted by molar-refractivity contribution is 0.405. The molecule has 0 fully saturated rings. The van der Waals surface area contributed by atoms with Gasteiger partial charge < -0.3 is 9.64 Å². The summed E-state index contributed by atoms with van der Waals surface area (Å²) in [6.07, 6.45) is 4.57. The maximum atomic E-state index is 5.91. The van der Waals surface area contributed by atoms with E-state index in [0.717, 1.165) is 47.4 Å². The normalized spacial score (nSPS) is 16.2. The zero-order chi connectivity index (χ0) is 16.5. The van der Waals surface area contributed by atoms with Crippen LogP contribution in [-0.4, -0.2) is 19.8 Å². The van der Waals surface area contributed by atoms with Crippen LogP contribution in [-0.2, 0) is 0 Å². The minimum Gasteiger partial charge on any atom is -0.462 e. The fourth-order valence-corrected chi connectivity index (χ4v) is 3.02. The zero-order valence-electron chi connectivity index (χ0n) is 13.6. The Morgan fingerprint density at radius 1 is 1.04 bits per heavy atom. The zero-order valence-corrected chi connectivity index (χ0v) is 13.6. The third-order valence-electron chi connectivity index (χ3n) is 4.33. The van der Waals surface area contributed by atoms with Gasteiger partial charge in [-0.1, -0.05) is 18.7 Å². The van der Waals surface area contributed by atoms with E-state index in [1.165, 1.54) is 0 Å². The molecule has 120 valence electrons. The maximum absolute atomic E-state index is 5.91. The number of hydrogen-bond acceptors (Lipinski definition) is 4. The van der Waals surface area contributed by atoms with Gasteiger partial charge in [0.15, 0.2) is 0 Å². The first-order valence-electron chi connectivity index (χ1n) is 8.03. The Balaban J connectivity index is 1.60. The molecule has 2 aliphatic rings. The van der Waals surface area contributed by atoms with Crippen molar-refractivity contribution in [1.82, 2.24) is 0 Å². The molecule has 0 unspecified atom stereocenters. The highest BCUT2D eigenvalue weighted by Gasteiger charge is 2.28. The summed E-state index contributed by atoms with van der Waals surface area (Å²) < 4.78 is 5.91. The van der Waals surface area contributed by atoms with Crippen LogP contribution in [0.3, 0.4) is 0 Å². The van der Waals surface area contributed by atoms with Crippen LogP contribution in [0.15, 0.2) is 77.8 Å². The van der Waals surface area contributed by atoms with Gasteiger partial charge in [-0.15, -0.1) is 0 Å². The van der Waals surface area contributed by atoms with Gasteiger partial charge in [0.2, 0.25) is 0 Å². The van der Waals surface area contributed by atoms with E-state index in [-0.39, 0.29) is 0 Å².